The van der Waals surface area contributed by atoms with Crippen molar-refractivity contribution in [3.8, 4) is 0 Å². The summed E-state index contributed by atoms with van der Waals surface area (Å²) in [6, 6.07) is 6.46. The number of anilines is 1. The lowest BCUT2D eigenvalue weighted by atomic mass is 9.93. The first-order chi connectivity index (χ1) is 10.2. The summed E-state index contributed by atoms with van der Waals surface area (Å²) in [4.78, 5) is 13.3. The molecule has 2 aliphatic rings. The first-order valence-electron chi connectivity index (χ1n) is 7.92. The van der Waals surface area contributed by atoms with Crippen molar-refractivity contribution >= 4 is 11.4 Å². The molecule has 114 valence electrons. The Bertz CT molecular complexity index is 526. The van der Waals surface area contributed by atoms with E-state index in [1.54, 1.807) is 6.07 Å². The van der Waals surface area contributed by atoms with Gasteiger partial charge in [-0.05, 0) is 51.6 Å². The lowest BCUT2D eigenvalue weighted by Gasteiger charge is -2.41. The zero-order chi connectivity index (χ0) is 14.8. The van der Waals surface area contributed by atoms with E-state index in [1.807, 2.05) is 19.1 Å². The highest BCUT2D eigenvalue weighted by atomic mass is 16.6. The largest absolute Gasteiger partial charge is 0.367 e. The average molecular weight is 289 g/mol. The molecule has 1 N–H and O–H groups in total. The summed E-state index contributed by atoms with van der Waals surface area (Å²) in [5.74, 6) is 0. The molecule has 3 rings (SSSR count). The Morgan fingerprint density at radius 3 is 2.86 bits per heavy atom. The van der Waals surface area contributed by atoms with Gasteiger partial charge in [0.25, 0.3) is 5.69 Å². The molecular weight excluding hydrogens is 266 g/mol. The summed E-state index contributed by atoms with van der Waals surface area (Å²) in [5.41, 5.74) is 2.08. The van der Waals surface area contributed by atoms with Gasteiger partial charge in [-0.25, -0.2) is 0 Å². The predicted octanol–water partition coefficient (Wildman–Crippen LogP) is 3.01. The minimum atomic E-state index is -0.272. The summed E-state index contributed by atoms with van der Waals surface area (Å²) in [6.45, 7) is 3.98. The number of hydrogen-bond acceptors (Lipinski definition) is 4. The molecule has 2 fully saturated rings. The smallest absolute Gasteiger partial charge is 0.274 e. The third kappa shape index (κ3) is 2.75. The Morgan fingerprint density at radius 1 is 1.29 bits per heavy atom. The van der Waals surface area contributed by atoms with Crippen molar-refractivity contribution in [3.63, 3.8) is 0 Å². The van der Waals surface area contributed by atoms with Crippen LogP contribution in [0.2, 0.25) is 0 Å². The van der Waals surface area contributed by atoms with Gasteiger partial charge in [0.2, 0.25) is 0 Å². The van der Waals surface area contributed by atoms with Gasteiger partial charge in [0, 0.05) is 30.4 Å². The minimum Gasteiger partial charge on any atom is -0.367 e. The molecule has 5 nitrogen and oxygen atoms in total. The maximum absolute atomic E-state index is 11.2. The van der Waals surface area contributed by atoms with E-state index in [9.17, 15) is 10.1 Å². The normalized spacial score (nSPS) is 26.0. The number of rotatable bonds is 3. The van der Waals surface area contributed by atoms with Crippen molar-refractivity contribution in [2.45, 2.75) is 51.1 Å². The van der Waals surface area contributed by atoms with Crippen molar-refractivity contribution in [2.75, 3.05) is 18.0 Å². The third-order valence-electron chi connectivity index (χ3n) is 4.89. The number of nitro groups is 1. The van der Waals surface area contributed by atoms with E-state index < -0.39 is 0 Å². The molecule has 0 amide bonds. The van der Waals surface area contributed by atoms with Crippen molar-refractivity contribution in [1.82, 2.24) is 5.32 Å². The highest BCUT2D eigenvalue weighted by Crippen LogP contribution is 2.34. The molecule has 0 aromatic heterocycles. The van der Waals surface area contributed by atoms with E-state index in [0.29, 0.717) is 12.1 Å². The fraction of sp³-hybridized carbons (Fsp3) is 0.625. The van der Waals surface area contributed by atoms with E-state index in [2.05, 4.69) is 10.2 Å². The average Bonchev–Trinajstić information content (AvgIpc) is 3.01. The molecule has 0 bridgehead atoms. The number of nitrogens with one attached hydrogen (secondary N) is 1. The van der Waals surface area contributed by atoms with Gasteiger partial charge >= 0.3 is 0 Å². The number of piperidine rings is 1. The molecule has 0 aliphatic carbocycles. The standard InChI is InChI=1S/C16H23N3O2/c1-12-14(8-4-9-15(12)19(20)21)18-11-3-2-7-16(18)13-6-5-10-17-13/h4,8-9,13,16-17H,2-3,5-7,10-11H2,1H3. The first kappa shape index (κ1) is 14.3. The van der Waals surface area contributed by atoms with Crippen LogP contribution in [0.3, 0.4) is 0 Å². The summed E-state index contributed by atoms with van der Waals surface area (Å²) >= 11 is 0. The SMILES string of the molecule is Cc1c(N2CCCCC2C2CCCN2)cccc1[N+](=O)[O-]. The van der Waals surface area contributed by atoms with E-state index in [0.717, 1.165) is 24.3 Å². The Balaban J connectivity index is 1.92. The molecule has 0 spiro atoms. The lowest BCUT2D eigenvalue weighted by Crippen LogP contribution is -2.50. The molecule has 1 aromatic rings. The Labute approximate surface area is 125 Å². The highest BCUT2D eigenvalue weighted by molar-refractivity contribution is 5.62. The molecule has 2 aliphatic heterocycles. The topological polar surface area (TPSA) is 58.4 Å². The van der Waals surface area contributed by atoms with Crippen LogP contribution in [0.4, 0.5) is 11.4 Å². The molecule has 2 saturated heterocycles. The molecular formula is C16H23N3O2. The minimum absolute atomic E-state index is 0.233. The van der Waals surface area contributed by atoms with Crippen molar-refractivity contribution in [1.29, 1.82) is 0 Å². The van der Waals surface area contributed by atoms with Crippen LogP contribution < -0.4 is 10.2 Å². The zero-order valence-corrected chi connectivity index (χ0v) is 12.5. The van der Waals surface area contributed by atoms with Gasteiger partial charge in [-0.2, -0.15) is 0 Å². The van der Waals surface area contributed by atoms with Gasteiger partial charge in [-0.1, -0.05) is 6.07 Å². The quantitative estimate of drug-likeness (QED) is 0.686. The predicted molar refractivity (Wildman–Crippen MR) is 83.8 cm³/mol. The summed E-state index contributed by atoms with van der Waals surface area (Å²) in [6.07, 6.45) is 6.07. The Hall–Kier alpha value is -1.62. The van der Waals surface area contributed by atoms with Crippen LogP contribution in [0, 0.1) is 17.0 Å². The van der Waals surface area contributed by atoms with Crippen LogP contribution in [0.15, 0.2) is 18.2 Å². The van der Waals surface area contributed by atoms with Crippen LogP contribution in [0.5, 0.6) is 0 Å². The van der Waals surface area contributed by atoms with Crippen molar-refractivity contribution < 1.29 is 4.92 Å². The lowest BCUT2D eigenvalue weighted by molar-refractivity contribution is -0.385. The monoisotopic (exact) mass is 289 g/mol. The van der Waals surface area contributed by atoms with Crippen LogP contribution in [0.25, 0.3) is 0 Å². The Kier molecular flexibility index (Phi) is 4.10. The molecule has 2 atom stereocenters. The molecule has 0 radical (unpaired) electrons. The van der Waals surface area contributed by atoms with Crippen molar-refractivity contribution in [3.05, 3.63) is 33.9 Å². The van der Waals surface area contributed by atoms with Crippen LogP contribution in [-0.4, -0.2) is 30.1 Å². The molecule has 2 unspecified atom stereocenters. The number of benzene rings is 1. The van der Waals surface area contributed by atoms with Gasteiger partial charge < -0.3 is 10.2 Å². The van der Waals surface area contributed by atoms with Gasteiger partial charge in [0.05, 0.1) is 10.5 Å². The third-order valence-corrected chi connectivity index (χ3v) is 4.89. The fourth-order valence-corrected chi connectivity index (χ4v) is 3.84. The fourth-order valence-electron chi connectivity index (χ4n) is 3.84. The van der Waals surface area contributed by atoms with Crippen LogP contribution >= 0.6 is 0 Å². The van der Waals surface area contributed by atoms with Gasteiger partial charge in [0.15, 0.2) is 0 Å². The summed E-state index contributed by atoms with van der Waals surface area (Å²) in [5, 5.41) is 14.8. The second-order valence-electron chi connectivity index (χ2n) is 6.14. The van der Waals surface area contributed by atoms with Gasteiger partial charge in [-0.15, -0.1) is 0 Å². The molecule has 21 heavy (non-hydrogen) atoms. The number of nitrogens with zero attached hydrogens (tertiary/aromatic N) is 2. The van der Waals surface area contributed by atoms with E-state index >= 15 is 0 Å². The molecule has 0 saturated carbocycles. The van der Waals surface area contributed by atoms with Gasteiger partial charge in [0.1, 0.15) is 0 Å². The second kappa shape index (κ2) is 6.02. The molecule has 5 heteroatoms. The van der Waals surface area contributed by atoms with E-state index in [4.69, 9.17) is 0 Å². The summed E-state index contributed by atoms with van der Waals surface area (Å²) in [7, 11) is 0. The van der Waals surface area contributed by atoms with Gasteiger partial charge in [-0.3, -0.25) is 10.1 Å². The first-order valence-corrected chi connectivity index (χ1v) is 7.92. The van der Waals surface area contributed by atoms with Crippen molar-refractivity contribution in [2.24, 2.45) is 0 Å². The second-order valence-corrected chi connectivity index (χ2v) is 6.14. The number of hydrogen-bond donors (Lipinski definition) is 1. The van der Waals surface area contributed by atoms with E-state index in [-0.39, 0.29) is 10.6 Å². The molecule has 2 heterocycles. The summed E-state index contributed by atoms with van der Waals surface area (Å²) < 4.78 is 0. The zero-order valence-electron chi connectivity index (χ0n) is 12.5. The van der Waals surface area contributed by atoms with Crippen LogP contribution in [0.1, 0.15) is 37.7 Å². The van der Waals surface area contributed by atoms with E-state index in [1.165, 1.54) is 32.1 Å². The maximum Gasteiger partial charge on any atom is 0.274 e. The highest BCUT2D eigenvalue weighted by Gasteiger charge is 2.33. The Morgan fingerprint density at radius 2 is 2.14 bits per heavy atom. The number of nitro benzene ring substituents is 1. The van der Waals surface area contributed by atoms with Crippen LogP contribution in [-0.2, 0) is 0 Å². The molecule has 1 aromatic carbocycles. The maximum atomic E-state index is 11.2.